The summed E-state index contributed by atoms with van der Waals surface area (Å²) in [6, 6.07) is 3.96. The van der Waals surface area contributed by atoms with Crippen LogP contribution in [0.25, 0.3) is 6.08 Å². The van der Waals surface area contributed by atoms with Gasteiger partial charge in [-0.3, -0.25) is 14.7 Å². The van der Waals surface area contributed by atoms with Crippen molar-refractivity contribution in [2.45, 2.75) is 52.4 Å². The zero-order valence-corrected chi connectivity index (χ0v) is 17.2. The molecule has 2 rings (SSSR count). The van der Waals surface area contributed by atoms with Crippen molar-refractivity contribution in [3.63, 3.8) is 0 Å². The van der Waals surface area contributed by atoms with Crippen molar-refractivity contribution in [1.29, 1.82) is 0 Å². The lowest BCUT2D eigenvalue weighted by atomic mass is 9.78. The molecule has 0 bridgehead atoms. The van der Waals surface area contributed by atoms with Crippen molar-refractivity contribution >= 4 is 28.9 Å². The van der Waals surface area contributed by atoms with E-state index in [1.54, 1.807) is 19.0 Å². The highest BCUT2D eigenvalue weighted by molar-refractivity contribution is 8.18. The minimum absolute atomic E-state index is 0.0479. The first-order valence-corrected chi connectivity index (χ1v) is 9.20. The van der Waals surface area contributed by atoms with Crippen LogP contribution in [0.1, 0.15) is 58.2 Å². The summed E-state index contributed by atoms with van der Waals surface area (Å²) in [5.41, 5.74) is 2.31. The molecule has 1 amide bonds. The Morgan fingerprint density at radius 3 is 1.92 bits per heavy atom. The molecule has 136 valence electrons. The van der Waals surface area contributed by atoms with Gasteiger partial charge >= 0.3 is 0 Å². The largest absolute Gasteiger partial charge is 0.507 e. The number of phenols is 1. The van der Waals surface area contributed by atoms with Crippen LogP contribution in [0.15, 0.2) is 22.0 Å². The number of amidine groups is 1. The number of nitrogens with zero attached hydrogens (tertiary/aromatic N) is 2. The van der Waals surface area contributed by atoms with Crippen LogP contribution >= 0.6 is 11.8 Å². The van der Waals surface area contributed by atoms with E-state index < -0.39 is 0 Å². The molecule has 1 aromatic carbocycles. The molecule has 0 unspecified atom stereocenters. The molecule has 0 spiro atoms. The van der Waals surface area contributed by atoms with Crippen LogP contribution in [0, 0.1) is 0 Å². The van der Waals surface area contributed by atoms with E-state index in [0.717, 1.165) is 16.7 Å². The second-order valence-electron chi connectivity index (χ2n) is 8.45. The van der Waals surface area contributed by atoms with E-state index in [4.69, 9.17) is 0 Å². The third-order valence-electron chi connectivity index (χ3n) is 4.24. The minimum atomic E-state index is -0.196. The Hall–Kier alpha value is -1.75. The molecule has 0 atom stereocenters. The van der Waals surface area contributed by atoms with Crippen LogP contribution < -0.4 is 0 Å². The van der Waals surface area contributed by atoms with Crippen LogP contribution in [0.3, 0.4) is 0 Å². The van der Waals surface area contributed by atoms with E-state index in [-0.39, 0.29) is 16.7 Å². The fourth-order valence-corrected chi connectivity index (χ4v) is 3.71. The Bertz CT molecular complexity index is 730. The van der Waals surface area contributed by atoms with E-state index in [0.29, 0.717) is 15.8 Å². The van der Waals surface area contributed by atoms with Crippen LogP contribution in [-0.2, 0) is 15.6 Å². The van der Waals surface area contributed by atoms with E-state index in [2.05, 4.69) is 46.5 Å². The Labute approximate surface area is 155 Å². The molecule has 0 radical (unpaired) electrons. The Balaban J connectivity index is 2.63. The van der Waals surface area contributed by atoms with E-state index in [1.165, 1.54) is 11.8 Å². The summed E-state index contributed by atoms with van der Waals surface area (Å²) in [4.78, 5) is 18.8. The average molecular weight is 361 g/mol. The first kappa shape index (κ1) is 19.6. The normalized spacial score (nSPS) is 19.4. The zero-order valence-electron chi connectivity index (χ0n) is 16.4. The fourth-order valence-electron chi connectivity index (χ4n) is 2.78. The molecule has 1 aromatic rings. The molecule has 0 saturated carbocycles. The lowest BCUT2D eigenvalue weighted by molar-refractivity contribution is -0.121. The summed E-state index contributed by atoms with van der Waals surface area (Å²) in [5.74, 6) is 0.300. The quantitative estimate of drug-likeness (QED) is 0.749. The molecule has 0 aliphatic carbocycles. The molecule has 1 aliphatic rings. The molecule has 1 heterocycles. The van der Waals surface area contributed by atoms with Crippen LogP contribution in [0.2, 0.25) is 0 Å². The van der Waals surface area contributed by atoms with Gasteiger partial charge in [-0.1, -0.05) is 41.5 Å². The number of hydrogen-bond acceptors (Lipinski definition) is 4. The summed E-state index contributed by atoms with van der Waals surface area (Å²) >= 11 is 1.38. The van der Waals surface area contributed by atoms with Crippen LogP contribution in [0.4, 0.5) is 0 Å². The van der Waals surface area contributed by atoms with Crippen molar-refractivity contribution in [3.8, 4) is 5.75 Å². The van der Waals surface area contributed by atoms with Gasteiger partial charge in [0.25, 0.3) is 5.91 Å². The second kappa shape index (κ2) is 6.52. The number of carbonyl (C=O) groups excluding carboxylic acids is 1. The molecule has 0 aromatic heterocycles. The van der Waals surface area contributed by atoms with Crippen LogP contribution in [0.5, 0.6) is 5.75 Å². The molecule has 1 aliphatic heterocycles. The molecule has 5 heteroatoms. The first-order chi connectivity index (χ1) is 11.4. The van der Waals surface area contributed by atoms with Crippen molar-refractivity contribution < 1.29 is 9.90 Å². The number of likely N-dealkylation sites (N-methyl/N-ethyl adjacent to an activating group) is 1. The SMILES string of the molecule is CN=C1S/C(=C/c2cc(C(C)(C)C)c(O)c(C(C)(C)C)c2)C(=O)N1C. The summed E-state index contributed by atoms with van der Waals surface area (Å²) in [6.45, 7) is 12.5. The third-order valence-corrected chi connectivity index (χ3v) is 5.39. The number of phenolic OH excluding ortho intramolecular Hbond substituents is 1. The number of amides is 1. The van der Waals surface area contributed by atoms with Crippen molar-refractivity contribution in [2.75, 3.05) is 14.1 Å². The number of thioether (sulfide) groups is 1. The molecular weight excluding hydrogens is 332 g/mol. The monoisotopic (exact) mass is 360 g/mol. The van der Waals surface area contributed by atoms with Gasteiger partial charge in [0.15, 0.2) is 5.17 Å². The maximum Gasteiger partial charge on any atom is 0.266 e. The third kappa shape index (κ3) is 3.92. The average Bonchev–Trinajstić information content (AvgIpc) is 2.74. The zero-order chi connectivity index (χ0) is 19.2. The number of benzene rings is 1. The lowest BCUT2D eigenvalue weighted by Crippen LogP contribution is -2.23. The van der Waals surface area contributed by atoms with E-state index in [9.17, 15) is 9.90 Å². The highest BCUT2D eigenvalue weighted by Gasteiger charge is 2.31. The van der Waals surface area contributed by atoms with Gasteiger partial charge in [0.1, 0.15) is 5.75 Å². The minimum Gasteiger partial charge on any atom is -0.507 e. The van der Waals surface area contributed by atoms with Gasteiger partial charge in [-0.15, -0.1) is 0 Å². The van der Waals surface area contributed by atoms with Crippen molar-refractivity contribution in [3.05, 3.63) is 33.7 Å². The van der Waals surface area contributed by atoms with Gasteiger partial charge in [-0.2, -0.15) is 0 Å². The molecule has 4 nitrogen and oxygen atoms in total. The number of hydrogen-bond donors (Lipinski definition) is 1. The molecular formula is C20H28N2O2S. The van der Waals surface area contributed by atoms with Gasteiger partial charge in [0.2, 0.25) is 0 Å². The number of rotatable bonds is 1. The maximum atomic E-state index is 12.4. The molecule has 1 saturated heterocycles. The van der Waals surface area contributed by atoms with E-state index in [1.807, 2.05) is 18.2 Å². The Morgan fingerprint density at radius 2 is 1.56 bits per heavy atom. The smallest absolute Gasteiger partial charge is 0.266 e. The molecule has 1 N–H and O–H groups in total. The Morgan fingerprint density at radius 1 is 1.08 bits per heavy atom. The van der Waals surface area contributed by atoms with Gasteiger partial charge < -0.3 is 5.11 Å². The topological polar surface area (TPSA) is 52.9 Å². The molecule has 1 fully saturated rings. The van der Waals surface area contributed by atoms with Gasteiger partial charge in [0, 0.05) is 25.2 Å². The summed E-state index contributed by atoms with van der Waals surface area (Å²) in [6.07, 6.45) is 1.89. The number of carbonyl (C=O) groups is 1. The predicted octanol–water partition coefficient (Wildman–Crippen LogP) is 4.52. The number of aromatic hydroxyl groups is 1. The van der Waals surface area contributed by atoms with Crippen LogP contribution in [-0.4, -0.2) is 35.2 Å². The van der Waals surface area contributed by atoms with Crippen molar-refractivity contribution in [1.82, 2.24) is 4.90 Å². The number of aliphatic imine (C=N–C) groups is 1. The summed E-state index contributed by atoms with van der Waals surface area (Å²) in [5, 5.41) is 11.5. The van der Waals surface area contributed by atoms with Gasteiger partial charge in [-0.25, -0.2) is 0 Å². The first-order valence-electron chi connectivity index (χ1n) is 8.38. The summed E-state index contributed by atoms with van der Waals surface area (Å²) in [7, 11) is 3.42. The van der Waals surface area contributed by atoms with Gasteiger partial charge in [-0.05, 0) is 46.4 Å². The molecule has 25 heavy (non-hydrogen) atoms. The highest BCUT2D eigenvalue weighted by Crippen LogP contribution is 2.41. The standard InChI is InChI=1S/C20H28N2O2S/c1-19(2,3)13-9-12(10-14(16(13)23)20(4,5)6)11-15-17(24)22(8)18(21-7)25-15/h9-11,23H,1-8H3/b15-11+,21-18?. The highest BCUT2D eigenvalue weighted by atomic mass is 32.2. The second-order valence-corrected chi connectivity index (χ2v) is 9.45. The lowest BCUT2D eigenvalue weighted by Gasteiger charge is -2.28. The van der Waals surface area contributed by atoms with E-state index >= 15 is 0 Å². The van der Waals surface area contributed by atoms with Crippen molar-refractivity contribution in [2.24, 2.45) is 4.99 Å². The van der Waals surface area contributed by atoms with Gasteiger partial charge in [0.05, 0.1) is 4.91 Å². The fraction of sp³-hybridized carbons (Fsp3) is 0.500. The predicted molar refractivity (Wildman–Crippen MR) is 107 cm³/mol. The summed E-state index contributed by atoms with van der Waals surface area (Å²) < 4.78 is 0. The maximum absolute atomic E-state index is 12.4. The Kier molecular flexibility index (Phi) is 5.11.